The van der Waals surface area contributed by atoms with E-state index in [0.29, 0.717) is 30.9 Å². The molecule has 22 heavy (non-hydrogen) atoms. The van der Waals surface area contributed by atoms with Crippen LogP contribution >= 0.6 is 11.3 Å². The van der Waals surface area contributed by atoms with Gasteiger partial charge in [-0.1, -0.05) is 12.2 Å². The van der Waals surface area contributed by atoms with Crippen molar-refractivity contribution in [3.8, 4) is 0 Å². The number of hydrogen-bond acceptors (Lipinski definition) is 5. The Morgan fingerprint density at radius 2 is 1.95 bits per heavy atom. The van der Waals surface area contributed by atoms with Crippen LogP contribution < -0.4 is 5.32 Å². The van der Waals surface area contributed by atoms with Crippen molar-refractivity contribution in [2.45, 2.75) is 25.7 Å². The molecule has 0 radical (unpaired) electrons. The third-order valence-electron chi connectivity index (χ3n) is 4.06. The van der Waals surface area contributed by atoms with Crippen LogP contribution in [0.15, 0.2) is 23.7 Å². The number of nitrogens with zero attached hydrogens (tertiary/aromatic N) is 2. The fourth-order valence-corrected chi connectivity index (χ4v) is 3.50. The first kappa shape index (κ1) is 14.9. The second-order valence-electron chi connectivity index (χ2n) is 5.47. The molecule has 1 aromatic rings. The first-order chi connectivity index (χ1) is 10.7. The molecule has 2 aliphatic rings. The molecule has 3 rings (SSSR count). The van der Waals surface area contributed by atoms with Crippen LogP contribution in [-0.4, -0.2) is 34.2 Å². The molecular formula is C15H17N3O3S. The van der Waals surface area contributed by atoms with Gasteiger partial charge in [-0.25, -0.2) is 4.98 Å². The number of amides is 3. The van der Waals surface area contributed by atoms with E-state index in [0.717, 1.165) is 0 Å². The number of allylic oxidation sites excluding steroid dienone is 2. The highest BCUT2D eigenvalue weighted by molar-refractivity contribution is 7.13. The molecule has 1 aliphatic heterocycles. The van der Waals surface area contributed by atoms with Crippen LogP contribution in [0.25, 0.3) is 0 Å². The Labute approximate surface area is 132 Å². The second-order valence-corrected chi connectivity index (χ2v) is 6.37. The van der Waals surface area contributed by atoms with Crippen LogP contribution in [0.5, 0.6) is 0 Å². The van der Waals surface area contributed by atoms with Crippen molar-refractivity contribution in [2.75, 3.05) is 11.9 Å². The Morgan fingerprint density at radius 1 is 1.27 bits per heavy atom. The second kappa shape index (κ2) is 6.39. The molecule has 0 spiro atoms. The van der Waals surface area contributed by atoms with E-state index >= 15 is 0 Å². The van der Waals surface area contributed by atoms with Crippen molar-refractivity contribution >= 4 is 34.2 Å². The largest absolute Gasteiger partial charge is 0.302 e. The number of thiazole rings is 1. The molecular weight excluding hydrogens is 302 g/mol. The quantitative estimate of drug-likeness (QED) is 0.663. The zero-order valence-corrected chi connectivity index (χ0v) is 12.8. The van der Waals surface area contributed by atoms with E-state index in [2.05, 4.69) is 10.3 Å². The molecule has 0 unspecified atom stereocenters. The molecule has 2 atom stereocenters. The van der Waals surface area contributed by atoms with Gasteiger partial charge in [0.15, 0.2) is 5.13 Å². The topological polar surface area (TPSA) is 79.4 Å². The number of hydrogen-bond donors (Lipinski definition) is 1. The van der Waals surface area contributed by atoms with Gasteiger partial charge in [-0.05, 0) is 19.3 Å². The first-order valence-electron chi connectivity index (χ1n) is 7.36. The van der Waals surface area contributed by atoms with Gasteiger partial charge in [-0.15, -0.1) is 11.3 Å². The zero-order chi connectivity index (χ0) is 15.5. The van der Waals surface area contributed by atoms with Gasteiger partial charge in [0.25, 0.3) is 0 Å². The monoisotopic (exact) mass is 319 g/mol. The van der Waals surface area contributed by atoms with Crippen molar-refractivity contribution in [2.24, 2.45) is 11.8 Å². The predicted octanol–water partition coefficient (Wildman–Crippen LogP) is 1.81. The first-order valence-corrected chi connectivity index (χ1v) is 8.24. The molecule has 116 valence electrons. The smallest absolute Gasteiger partial charge is 0.233 e. The number of anilines is 1. The van der Waals surface area contributed by atoms with Crippen LogP contribution in [0.4, 0.5) is 5.13 Å². The number of fused-ring (bicyclic) bond motifs is 1. The summed E-state index contributed by atoms with van der Waals surface area (Å²) >= 11 is 1.36. The number of nitrogens with one attached hydrogen (secondary N) is 1. The number of rotatable bonds is 5. The van der Waals surface area contributed by atoms with Crippen molar-refractivity contribution in [1.82, 2.24) is 9.88 Å². The van der Waals surface area contributed by atoms with E-state index < -0.39 is 0 Å². The van der Waals surface area contributed by atoms with Crippen molar-refractivity contribution < 1.29 is 14.4 Å². The highest BCUT2D eigenvalue weighted by atomic mass is 32.1. The molecule has 2 heterocycles. The van der Waals surface area contributed by atoms with E-state index in [9.17, 15) is 14.4 Å². The number of imide groups is 1. The highest BCUT2D eigenvalue weighted by Gasteiger charge is 2.46. The van der Waals surface area contributed by atoms with Crippen LogP contribution in [0.2, 0.25) is 0 Å². The fraction of sp³-hybridized carbons (Fsp3) is 0.467. The minimum absolute atomic E-state index is 0.0836. The van der Waals surface area contributed by atoms with E-state index in [1.165, 1.54) is 16.2 Å². The van der Waals surface area contributed by atoms with E-state index in [1.807, 2.05) is 12.2 Å². The minimum Gasteiger partial charge on any atom is -0.302 e. The lowest BCUT2D eigenvalue weighted by Crippen LogP contribution is -2.32. The standard InChI is InChI=1S/C15H17N3O3S/c19-12(17-15-16-7-9-22-15)6-3-8-18-13(20)10-4-1-2-5-11(10)14(18)21/h1-2,7,9-11H,3-6,8H2,(H,16,17,19)/t10-,11+. The maximum atomic E-state index is 12.2. The molecule has 1 aliphatic carbocycles. The van der Waals surface area contributed by atoms with Gasteiger partial charge in [-0.3, -0.25) is 19.3 Å². The summed E-state index contributed by atoms with van der Waals surface area (Å²) < 4.78 is 0. The Hall–Kier alpha value is -2.02. The molecule has 1 N–H and O–H groups in total. The van der Waals surface area contributed by atoms with Gasteiger partial charge >= 0.3 is 0 Å². The van der Waals surface area contributed by atoms with Gasteiger partial charge in [0.1, 0.15) is 0 Å². The minimum atomic E-state index is -0.193. The summed E-state index contributed by atoms with van der Waals surface area (Å²) in [5, 5.41) is 5.04. The molecule has 0 aromatic carbocycles. The van der Waals surface area contributed by atoms with Crippen LogP contribution in [-0.2, 0) is 14.4 Å². The Morgan fingerprint density at radius 3 is 2.55 bits per heavy atom. The number of carbonyl (C=O) groups excluding carboxylic acids is 3. The average Bonchev–Trinajstić information content (AvgIpc) is 3.10. The number of carbonyl (C=O) groups is 3. The molecule has 1 saturated heterocycles. The third kappa shape index (κ3) is 2.94. The molecule has 7 heteroatoms. The van der Waals surface area contributed by atoms with Crippen molar-refractivity contribution in [1.29, 1.82) is 0 Å². The summed E-state index contributed by atoms with van der Waals surface area (Å²) in [5.41, 5.74) is 0. The highest BCUT2D eigenvalue weighted by Crippen LogP contribution is 2.35. The lowest BCUT2D eigenvalue weighted by molar-refractivity contribution is -0.140. The molecule has 1 aromatic heterocycles. The van der Waals surface area contributed by atoms with Crippen molar-refractivity contribution in [3.63, 3.8) is 0 Å². The fourth-order valence-electron chi connectivity index (χ4n) is 2.95. The summed E-state index contributed by atoms with van der Waals surface area (Å²) in [4.78, 5) is 41.6. The van der Waals surface area contributed by atoms with Gasteiger partial charge in [0.05, 0.1) is 11.8 Å². The van der Waals surface area contributed by atoms with Gasteiger partial charge in [0, 0.05) is 24.5 Å². The normalized spacial score (nSPS) is 23.7. The number of aromatic nitrogens is 1. The molecule has 0 saturated carbocycles. The maximum absolute atomic E-state index is 12.2. The molecule has 1 fully saturated rings. The Bertz CT molecular complexity index is 586. The summed E-state index contributed by atoms with van der Waals surface area (Å²) in [6.07, 6.45) is 7.60. The van der Waals surface area contributed by atoms with E-state index in [-0.39, 0.29) is 36.0 Å². The van der Waals surface area contributed by atoms with E-state index in [4.69, 9.17) is 0 Å². The van der Waals surface area contributed by atoms with E-state index in [1.54, 1.807) is 11.6 Å². The van der Waals surface area contributed by atoms with Crippen molar-refractivity contribution in [3.05, 3.63) is 23.7 Å². The number of likely N-dealkylation sites (tertiary alicyclic amines) is 1. The van der Waals surface area contributed by atoms with Crippen LogP contribution in [0, 0.1) is 11.8 Å². The summed E-state index contributed by atoms with van der Waals surface area (Å²) in [5.74, 6) is -0.698. The van der Waals surface area contributed by atoms with Gasteiger partial charge in [0.2, 0.25) is 17.7 Å². The Kier molecular flexibility index (Phi) is 4.33. The van der Waals surface area contributed by atoms with Crippen LogP contribution in [0.3, 0.4) is 0 Å². The average molecular weight is 319 g/mol. The summed E-state index contributed by atoms with van der Waals surface area (Å²) in [6, 6.07) is 0. The Balaban J connectivity index is 1.48. The van der Waals surface area contributed by atoms with Gasteiger partial charge in [-0.2, -0.15) is 0 Å². The lowest BCUT2D eigenvalue weighted by atomic mass is 9.85. The zero-order valence-electron chi connectivity index (χ0n) is 12.0. The summed E-state index contributed by atoms with van der Waals surface area (Å²) in [7, 11) is 0. The third-order valence-corrected chi connectivity index (χ3v) is 4.75. The lowest BCUT2D eigenvalue weighted by Gasteiger charge is -2.14. The predicted molar refractivity (Wildman–Crippen MR) is 82.1 cm³/mol. The van der Waals surface area contributed by atoms with Gasteiger partial charge < -0.3 is 5.32 Å². The SMILES string of the molecule is O=C(CCCN1C(=O)[C@H]2CC=CC[C@H]2C1=O)Nc1nccs1. The maximum Gasteiger partial charge on any atom is 0.233 e. The summed E-state index contributed by atoms with van der Waals surface area (Å²) in [6.45, 7) is 0.315. The van der Waals surface area contributed by atoms with Crippen LogP contribution in [0.1, 0.15) is 25.7 Å². The molecule has 3 amide bonds. The molecule has 6 nitrogen and oxygen atoms in total. The molecule has 0 bridgehead atoms.